The molecule has 4 aromatic rings. The molecule has 192 valence electrons. The third-order valence-corrected chi connectivity index (χ3v) is 6.22. The van der Waals surface area contributed by atoms with Crippen molar-refractivity contribution in [2.45, 2.75) is 32.0 Å². The second kappa shape index (κ2) is 9.85. The van der Waals surface area contributed by atoms with E-state index in [1.54, 1.807) is 18.2 Å². The van der Waals surface area contributed by atoms with E-state index in [0.717, 1.165) is 38.5 Å². The molecule has 0 saturated carbocycles. The molecule has 1 amide bonds. The quantitative estimate of drug-likeness (QED) is 0.340. The van der Waals surface area contributed by atoms with Crippen molar-refractivity contribution in [1.29, 1.82) is 0 Å². The van der Waals surface area contributed by atoms with Crippen LogP contribution in [0.3, 0.4) is 0 Å². The summed E-state index contributed by atoms with van der Waals surface area (Å²) < 4.78 is 67.5. The van der Waals surface area contributed by atoms with Crippen LogP contribution in [0.25, 0.3) is 22.0 Å². The molecule has 1 aliphatic rings. The first-order chi connectivity index (χ1) is 17.7. The Bertz CT molecular complexity index is 1440. The lowest BCUT2D eigenvalue weighted by Gasteiger charge is -2.26. The van der Waals surface area contributed by atoms with Gasteiger partial charge < -0.3 is 5.32 Å². The van der Waals surface area contributed by atoms with Gasteiger partial charge in [0.2, 0.25) is 0 Å². The molecular formula is C25H21F5N6O. The fourth-order valence-corrected chi connectivity index (χ4v) is 4.39. The maximum absolute atomic E-state index is 14.8. The summed E-state index contributed by atoms with van der Waals surface area (Å²) in [5, 5.41) is 9.33. The molecule has 0 spiro atoms. The van der Waals surface area contributed by atoms with Crippen molar-refractivity contribution in [2.75, 3.05) is 18.4 Å². The standard InChI is InChI=1S/C25H21F5N6O/c26-18-9-14(13-36-6-2-1-3-7-36)8-16(22(18)27)15-4-5-19-17(10-15)23(35-34-19)24(37)33-21-12-31-20(11-32-21)25(28,29)30/h4-5,8-12H,1-3,6-7,13H2,(H,34,35)(H,32,33,37). The zero-order valence-corrected chi connectivity index (χ0v) is 19.4. The topological polar surface area (TPSA) is 86.8 Å². The number of carbonyl (C=O) groups is 1. The van der Waals surface area contributed by atoms with Crippen LogP contribution in [0.15, 0.2) is 42.7 Å². The number of halogens is 5. The highest BCUT2D eigenvalue weighted by atomic mass is 19.4. The van der Waals surface area contributed by atoms with E-state index in [1.807, 2.05) is 0 Å². The van der Waals surface area contributed by atoms with Crippen molar-refractivity contribution in [3.8, 4) is 11.1 Å². The largest absolute Gasteiger partial charge is 0.434 e. The third kappa shape index (κ3) is 5.29. The second-order valence-corrected chi connectivity index (χ2v) is 8.85. The normalized spacial score (nSPS) is 14.7. The van der Waals surface area contributed by atoms with E-state index in [2.05, 4.69) is 30.4 Å². The van der Waals surface area contributed by atoms with Crippen LogP contribution in [-0.4, -0.2) is 44.1 Å². The highest BCUT2D eigenvalue weighted by Gasteiger charge is 2.33. The van der Waals surface area contributed by atoms with Crippen molar-refractivity contribution in [2.24, 2.45) is 0 Å². The fraction of sp³-hybridized carbons (Fsp3) is 0.280. The van der Waals surface area contributed by atoms with Gasteiger partial charge in [0.05, 0.1) is 17.9 Å². The minimum Gasteiger partial charge on any atom is -0.304 e. The Morgan fingerprint density at radius 1 is 1.03 bits per heavy atom. The summed E-state index contributed by atoms with van der Waals surface area (Å²) in [5.41, 5.74) is 0.199. The van der Waals surface area contributed by atoms with Crippen molar-refractivity contribution in [3.63, 3.8) is 0 Å². The predicted octanol–water partition coefficient (Wildman–Crippen LogP) is 5.56. The monoisotopic (exact) mass is 516 g/mol. The number of anilines is 1. The second-order valence-electron chi connectivity index (χ2n) is 8.85. The van der Waals surface area contributed by atoms with Crippen LogP contribution in [0.4, 0.5) is 27.8 Å². The van der Waals surface area contributed by atoms with E-state index in [9.17, 15) is 26.7 Å². The number of fused-ring (bicyclic) bond motifs is 1. The molecule has 7 nitrogen and oxygen atoms in total. The van der Waals surface area contributed by atoms with Gasteiger partial charge in [-0.2, -0.15) is 18.3 Å². The van der Waals surface area contributed by atoms with E-state index in [-0.39, 0.29) is 17.1 Å². The van der Waals surface area contributed by atoms with E-state index in [4.69, 9.17) is 0 Å². The molecule has 12 heteroatoms. The van der Waals surface area contributed by atoms with Crippen LogP contribution in [0.1, 0.15) is 41.0 Å². The molecule has 2 aromatic heterocycles. The smallest absolute Gasteiger partial charge is 0.304 e. The Kier molecular flexibility index (Phi) is 6.59. The zero-order valence-electron chi connectivity index (χ0n) is 19.4. The molecule has 2 aromatic carbocycles. The molecular weight excluding hydrogens is 495 g/mol. The zero-order chi connectivity index (χ0) is 26.2. The number of likely N-dealkylation sites (tertiary alicyclic amines) is 1. The summed E-state index contributed by atoms with van der Waals surface area (Å²) in [6, 6.07) is 7.49. The van der Waals surface area contributed by atoms with Crippen LogP contribution in [0, 0.1) is 11.6 Å². The summed E-state index contributed by atoms with van der Waals surface area (Å²) in [4.78, 5) is 21.8. The lowest BCUT2D eigenvalue weighted by Crippen LogP contribution is -2.29. The molecule has 0 atom stereocenters. The lowest BCUT2D eigenvalue weighted by molar-refractivity contribution is -0.141. The van der Waals surface area contributed by atoms with Gasteiger partial charge in [-0.05, 0) is 61.3 Å². The number of benzene rings is 2. The van der Waals surface area contributed by atoms with Gasteiger partial charge in [0.1, 0.15) is 0 Å². The summed E-state index contributed by atoms with van der Waals surface area (Å²) >= 11 is 0. The molecule has 1 saturated heterocycles. The maximum Gasteiger partial charge on any atom is 0.434 e. The maximum atomic E-state index is 14.8. The number of nitrogens with zero attached hydrogens (tertiary/aromatic N) is 4. The Labute approximate surface area is 207 Å². The van der Waals surface area contributed by atoms with Gasteiger partial charge in [0.25, 0.3) is 5.91 Å². The van der Waals surface area contributed by atoms with Crippen LogP contribution >= 0.6 is 0 Å². The Hall–Kier alpha value is -3.93. The molecule has 1 aliphatic heterocycles. The summed E-state index contributed by atoms with van der Waals surface area (Å²) in [6.07, 6.45) is -0.0828. The number of aromatic nitrogens is 4. The molecule has 1 fully saturated rings. The van der Waals surface area contributed by atoms with Gasteiger partial charge in [-0.3, -0.25) is 14.8 Å². The number of rotatable bonds is 5. The van der Waals surface area contributed by atoms with Gasteiger partial charge in [-0.25, -0.2) is 18.7 Å². The van der Waals surface area contributed by atoms with Gasteiger partial charge >= 0.3 is 6.18 Å². The van der Waals surface area contributed by atoms with Crippen molar-refractivity contribution >= 4 is 22.6 Å². The van der Waals surface area contributed by atoms with Gasteiger partial charge in [0.15, 0.2) is 28.8 Å². The van der Waals surface area contributed by atoms with Crippen molar-refractivity contribution in [1.82, 2.24) is 25.1 Å². The number of piperidine rings is 1. The number of aromatic amines is 1. The molecule has 37 heavy (non-hydrogen) atoms. The number of carbonyl (C=O) groups excluding carboxylic acids is 1. The molecule has 0 radical (unpaired) electrons. The molecule has 0 aliphatic carbocycles. The predicted molar refractivity (Wildman–Crippen MR) is 126 cm³/mol. The van der Waals surface area contributed by atoms with E-state index in [0.29, 0.717) is 34.8 Å². The van der Waals surface area contributed by atoms with Crippen molar-refractivity contribution in [3.05, 3.63) is 71.3 Å². The summed E-state index contributed by atoms with van der Waals surface area (Å²) in [6.45, 7) is 2.30. The molecule has 5 rings (SSSR count). The number of hydrogen-bond acceptors (Lipinski definition) is 5. The number of alkyl halides is 3. The first kappa shape index (κ1) is 24.8. The average molecular weight is 516 g/mol. The minimum atomic E-state index is -4.66. The average Bonchev–Trinajstić information content (AvgIpc) is 3.30. The Morgan fingerprint density at radius 3 is 2.51 bits per heavy atom. The fourth-order valence-electron chi connectivity index (χ4n) is 4.39. The number of hydrogen-bond donors (Lipinski definition) is 2. The highest BCUT2D eigenvalue weighted by molar-refractivity contribution is 6.11. The van der Waals surface area contributed by atoms with Crippen molar-refractivity contribution < 1.29 is 26.7 Å². The van der Waals surface area contributed by atoms with Crippen LogP contribution in [-0.2, 0) is 12.7 Å². The van der Waals surface area contributed by atoms with Gasteiger partial charge in [0, 0.05) is 17.5 Å². The minimum absolute atomic E-state index is 0.0510. The summed E-state index contributed by atoms with van der Waals surface area (Å²) in [5.74, 6) is -2.93. The first-order valence-electron chi connectivity index (χ1n) is 11.6. The van der Waals surface area contributed by atoms with Crippen LogP contribution in [0.2, 0.25) is 0 Å². The van der Waals surface area contributed by atoms with Crippen LogP contribution in [0.5, 0.6) is 0 Å². The molecule has 3 heterocycles. The Morgan fingerprint density at radius 2 is 1.81 bits per heavy atom. The number of nitrogens with one attached hydrogen (secondary N) is 2. The van der Waals surface area contributed by atoms with Crippen LogP contribution < -0.4 is 5.32 Å². The lowest BCUT2D eigenvalue weighted by atomic mass is 9.99. The van der Waals surface area contributed by atoms with E-state index < -0.39 is 29.4 Å². The molecule has 2 N–H and O–H groups in total. The Balaban J connectivity index is 1.43. The first-order valence-corrected chi connectivity index (χ1v) is 11.6. The highest BCUT2D eigenvalue weighted by Crippen LogP contribution is 2.31. The van der Waals surface area contributed by atoms with Gasteiger partial charge in [-0.1, -0.05) is 12.5 Å². The third-order valence-electron chi connectivity index (χ3n) is 6.22. The van der Waals surface area contributed by atoms with Gasteiger partial charge in [-0.15, -0.1) is 0 Å². The number of H-pyrrole nitrogens is 1. The van der Waals surface area contributed by atoms with E-state index in [1.165, 1.54) is 12.1 Å². The summed E-state index contributed by atoms with van der Waals surface area (Å²) in [7, 11) is 0. The van der Waals surface area contributed by atoms with E-state index >= 15 is 0 Å². The SMILES string of the molecule is O=C(Nc1cnc(C(F)(F)F)cn1)c1n[nH]c2ccc(-c3cc(CN4CCCCC4)cc(F)c3F)cc12. The molecule has 0 bridgehead atoms. The number of amides is 1. The molecule has 0 unspecified atom stereocenters.